The van der Waals surface area contributed by atoms with Crippen LogP contribution in [0.3, 0.4) is 0 Å². The summed E-state index contributed by atoms with van der Waals surface area (Å²) in [5.41, 5.74) is 0.123. The fourth-order valence-electron chi connectivity index (χ4n) is 6.11. The van der Waals surface area contributed by atoms with Crippen molar-refractivity contribution in [3.8, 4) is 0 Å². The highest BCUT2D eigenvalue weighted by molar-refractivity contribution is 7.85. The van der Waals surface area contributed by atoms with Crippen molar-refractivity contribution in [3.05, 3.63) is 48.0 Å². The minimum Gasteiger partial charge on any atom is -0.299 e. The maximum atomic E-state index is 13.6. The summed E-state index contributed by atoms with van der Waals surface area (Å²) in [5.74, 6) is 1.12. The summed E-state index contributed by atoms with van der Waals surface area (Å²) in [6.45, 7) is 5.21. The second-order valence-corrected chi connectivity index (χ2v) is 11.6. The lowest BCUT2D eigenvalue weighted by molar-refractivity contribution is -0.354. The second kappa shape index (κ2) is 6.64. The van der Waals surface area contributed by atoms with E-state index in [1.807, 2.05) is 18.2 Å². The molecule has 5 nitrogen and oxygen atoms in total. The Hall–Kier alpha value is -2.21. The summed E-state index contributed by atoms with van der Waals surface area (Å²) >= 11 is 0. The Morgan fingerprint density at radius 3 is 2.63 bits per heavy atom. The van der Waals surface area contributed by atoms with Gasteiger partial charge >= 0.3 is 10.0 Å². The average molecular weight is 426 g/mol. The van der Waals surface area contributed by atoms with E-state index >= 15 is 0 Å². The molecule has 158 valence electrons. The van der Waals surface area contributed by atoms with Gasteiger partial charge in [-0.2, -0.15) is 12.4 Å². The third-order valence-corrected chi connectivity index (χ3v) is 10.0. The highest BCUT2D eigenvalue weighted by Crippen LogP contribution is 2.64. The van der Waals surface area contributed by atoms with Gasteiger partial charge in [0.1, 0.15) is 24.6 Å². The zero-order valence-electron chi connectivity index (χ0n) is 17.6. The summed E-state index contributed by atoms with van der Waals surface area (Å²) in [6.07, 6.45) is 2.72. The molecule has 0 spiro atoms. The third-order valence-electron chi connectivity index (χ3n) is 8.09. The van der Waals surface area contributed by atoms with Gasteiger partial charge in [-0.05, 0) is 40.5 Å². The van der Waals surface area contributed by atoms with Crippen LogP contribution in [0, 0.1) is 16.7 Å². The van der Waals surface area contributed by atoms with E-state index in [1.54, 1.807) is 3.98 Å². The van der Waals surface area contributed by atoms with E-state index in [4.69, 9.17) is 0 Å². The Morgan fingerprint density at radius 1 is 1.13 bits per heavy atom. The third kappa shape index (κ3) is 2.76. The average Bonchev–Trinajstić information content (AvgIpc) is 3.32. The maximum absolute atomic E-state index is 13.6. The van der Waals surface area contributed by atoms with E-state index in [0.29, 0.717) is 38.3 Å². The zero-order chi connectivity index (χ0) is 21.1. The summed E-state index contributed by atoms with van der Waals surface area (Å²) in [4.78, 5) is 12.9. The molecule has 2 aromatic rings. The van der Waals surface area contributed by atoms with E-state index in [0.717, 1.165) is 28.6 Å². The molecule has 1 N–H and O–H groups in total. The molecule has 2 aromatic carbocycles. The summed E-state index contributed by atoms with van der Waals surface area (Å²) in [6, 6.07) is 14.3. The number of nitrogens with zero attached hydrogens (tertiary/aromatic N) is 1. The molecule has 5 rings (SSSR count). The predicted octanol–water partition coefficient (Wildman–Crippen LogP) is 3.12. The van der Waals surface area contributed by atoms with Gasteiger partial charge in [-0.1, -0.05) is 56.3 Å². The quantitative estimate of drug-likeness (QED) is 0.748. The summed E-state index contributed by atoms with van der Waals surface area (Å²) in [7, 11) is -3.60. The molecular formula is C24H29N2O3S+. The molecule has 2 bridgehead atoms. The number of amidine groups is 1. The van der Waals surface area contributed by atoms with Crippen molar-refractivity contribution in [1.82, 2.24) is 5.32 Å². The molecule has 2 atom stereocenters. The number of carbonyl (C=O) groups excluding carboxylic acids is 1. The number of hydrogen-bond donors (Lipinski definition) is 1. The van der Waals surface area contributed by atoms with Crippen LogP contribution in [-0.2, 0) is 21.2 Å². The van der Waals surface area contributed by atoms with Crippen molar-refractivity contribution in [2.45, 2.75) is 39.5 Å². The number of carbonyl (C=O) groups is 1. The minimum atomic E-state index is -3.60. The van der Waals surface area contributed by atoms with Crippen LogP contribution < -0.4 is 5.32 Å². The van der Waals surface area contributed by atoms with E-state index in [9.17, 15) is 13.2 Å². The number of Topliss-reactive ketones (excluding diaryl/α,β-unsaturated/α-hetero) is 1. The number of sulfonamides is 1. The first-order chi connectivity index (χ1) is 14.2. The first-order valence-electron chi connectivity index (χ1n) is 10.8. The van der Waals surface area contributed by atoms with Crippen molar-refractivity contribution in [1.29, 1.82) is 0 Å². The first-order valence-corrected chi connectivity index (χ1v) is 12.5. The standard InChI is InChI=1S/C24H28N2O3S/c1-23(2)19-10-11-24(23,21(27)15-19)16-30(28,29)26-13-12-25-22(26)14-18-8-5-7-17-6-3-4-9-20(17)18/h3-9,19H,10-16H2,1-2H3/p+1/t19-,24+/m1/s1. The van der Waals surface area contributed by atoms with Crippen LogP contribution in [0.1, 0.15) is 38.7 Å². The fourth-order valence-corrected chi connectivity index (χ4v) is 8.40. The van der Waals surface area contributed by atoms with Gasteiger partial charge in [0.25, 0.3) is 5.84 Å². The van der Waals surface area contributed by atoms with Gasteiger partial charge < -0.3 is 0 Å². The lowest BCUT2D eigenvalue weighted by Crippen LogP contribution is -2.45. The van der Waals surface area contributed by atoms with Crippen molar-refractivity contribution >= 4 is 32.4 Å². The van der Waals surface area contributed by atoms with E-state index < -0.39 is 15.4 Å². The molecule has 0 amide bonds. The van der Waals surface area contributed by atoms with Gasteiger partial charge in [0.05, 0.1) is 11.8 Å². The number of rotatable bonds is 5. The highest BCUT2D eigenvalue weighted by Gasteiger charge is 2.66. The summed E-state index contributed by atoms with van der Waals surface area (Å²) in [5, 5.41) is 5.59. The van der Waals surface area contributed by atoms with Crippen molar-refractivity contribution in [3.63, 3.8) is 0 Å². The number of benzene rings is 2. The zero-order valence-corrected chi connectivity index (χ0v) is 18.5. The van der Waals surface area contributed by atoms with Crippen LogP contribution in [0.15, 0.2) is 42.5 Å². The van der Waals surface area contributed by atoms with Crippen LogP contribution in [-0.4, -0.2) is 42.9 Å². The van der Waals surface area contributed by atoms with Crippen LogP contribution in [0.2, 0.25) is 0 Å². The molecule has 2 fully saturated rings. The number of nitrogens with one attached hydrogen (secondary N) is 1. The molecular weight excluding hydrogens is 396 g/mol. The van der Waals surface area contributed by atoms with Crippen LogP contribution in [0.25, 0.3) is 10.8 Å². The molecule has 1 aliphatic heterocycles. The second-order valence-electron chi connectivity index (χ2n) is 9.68. The van der Waals surface area contributed by atoms with Gasteiger partial charge in [-0.25, -0.2) is 0 Å². The molecule has 0 aromatic heterocycles. The summed E-state index contributed by atoms with van der Waals surface area (Å²) < 4.78 is 28.7. The lowest BCUT2D eigenvalue weighted by atomic mass is 9.70. The maximum Gasteiger partial charge on any atom is 0.301 e. The SMILES string of the molecule is CC1(C)[C@@H]2CC[C@]1(CS(=O)(=O)[N+]1=C(Cc3cccc4ccccc34)NCC1)C(=O)C2. The molecule has 2 aliphatic carbocycles. The molecule has 0 unspecified atom stereocenters. The van der Waals surface area contributed by atoms with Crippen molar-refractivity contribution in [2.24, 2.45) is 16.7 Å². The van der Waals surface area contributed by atoms with Gasteiger partial charge in [-0.15, -0.1) is 0 Å². The smallest absolute Gasteiger partial charge is 0.299 e. The van der Waals surface area contributed by atoms with E-state index in [2.05, 4.69) is 43.4 Å². The Labute approximate surface area is 178 Å². The fraction of sp³-hybridized carbons (Fsp3) is 0.500. The number of fused-ring (bicyclic) bond motifs is 3. The molecule has 30 heavy (non-hydrogen) atoms. The van der Waals surface area contributed by atoms with Crippen LogP contribution in [0.5, 0.6) is 0 Å². The Balaban J connectivity index is 1.50. The lowest BCUT2D eigenvalue weighted by Gasteiger charge is -2.35. The van der Waals surface area contributed by atoms with Crippen LogP contribution in [0.4, 0.5) is 0 Å². The Kier molecular flexibility index (Phi) is 4.37. The number of hydrogen-bond acceptors (Lipinski definition) is 4. The monoisotopic (exact) mass is 425 g/mol. The minimum absolute atomic E-state index is 0.0664. The predicted molar refractivity (Wildman–Crippen MR) is 118 cm³/mol. The first kappa shape index (κ1) is 19.7. The largest absolute Gasteiger partial charge is 0.301 e. The van der Waals surface area contributed by atoms with Crippen LogP contribution >= 0.6 is 0 Å². The van der Waals surface area contributed by atoms with Crippen molar-refractivity contribution < 1.29 is 17.2 Å². The molecule has 0 saturated heterocycles. The van der Waals surface area contributed by atoms with Gasteiger partial charge in [0, 0.05) is 6.42 Å². The number of ketones is 1. The normalized spacial score (nSPS) is 27.8. The Morgan fingerprint density at radius 2 is 1.90 bits per heavy atom. The molecule has 6 heteroatoms. The van der Waals surface area contributed by atoms with E-state index in [-0.39, 0.29) is 17.0 Å². The molecule has 2 saturated carbocycles. The van der Waals surface area contributed by atoms with E-state index in [1.165, 1.54) is 0 Å². The highest BCUT2D eigenvalue weighted by atomic mass is 32.2. The molecule has 0 radical (unpaired) electrons. The van der Waals surface area contributed by atoms with Gasteiger partial charge in [0.2, 0.25) is 0 Å². The molecule has 1 heterocycles. The van der Waals surface area contributed by atoms with Gasteiger partial charge in [0.15, 0.2) is 0 Å². The Bertz CT molecular complexity index is 1180. The van der Waals surface area contributed by atoms with Gasteiger partial charge in [-0.3, -0.25) is 10.1 Å². The van der Waals surface area contributed by atoms with Crippen molar-refractivity contribution in [2.75, 3.05) is 18.8 Å². The molecule has 3 aliphatic rings. The topological polar surface area (TPSA) is 66.2 Å².